The average molecular weight is 452 g/mol. The lowest BCUT2D eigenvalue weighted by Gasteiger charge is -2.36. The van der Waals surface area contributed by atoms with Crippen molar-refractivity contribution < 1.29 is 19.3 Å². The van der Waals surface area contributed by atoms with Gasteiger partial charge in [-0.15, -0.1) is 5.10 Å². The summed E-state index contributed by atoms with van der Waals surface area (Å²) in [4.78, 5) is 4.59. The number of methoxy groups -OCH3 is 1. The van der Waals surface area contributed by atoms with Crippen LogP contribution in [0.5, 0.6) is 17.2 Å². The van der Waals surface area contributed by atoms with E-state index in [4.69, 9.17) is 4.74 Å². The highest BCUT2D eigenvalue weighted by molar-refractivity contribution is 6.07. The maximum Gasteiger partial charge on any atom is 0.159 e. The number of aromatic hydroxyl groups is 2. The predicted molar refractivity (Wildman–Crippen MR) is 125 cm³/mol. The van der Waals surface area contributed by atoms with E-state index in [0.29, 0.717) is 34.1 Å². The van der Waals surface area contributed by atoms with Crippen LogP contribution in [0.4, 0.5) is 10.1 Å². The summed E-state index contributed by atoms with van der Waals surface area (Å²) >= 11 is 0. The lowest BCUT2D eigenvalue weighted by molar-refractivity contribution is 0.248. The smallest absolute Gasteiger partial charge is 0.159 e. The van der Waals surface area contributed by atoms with Crippen LogP contribution in [0.2, 0.25) is 0 Å². The average Bonchev–Trinajstić information content (AvgIpc) is 3.27. The van der Waals surface area contributed by atoms with E-state index in [1.807, 2.05) is 12.1 Å². The van der Waals surface area contributed by atoms with Crippen molar-refractivity contribution >= 4 is 27.5 Å². The number of aryl methyl sites for hydroxylation is 1. The Labute approximate surface area is 190 Å². The molecule has 172 valence electrons. The van der Waals surface area contributed by atoms with Crippen molar-refractivity contribution in [2.24, 2.45) is 0 Å². The SMILES string of the molecule is COc1cc(F)ccc1N1CCN(CCCn2nnc3c(O)c4ccccc4c(O)c32)CC1. The molecule has 33 heavy (non-hydrogen) atoms. The van der Waals surface area contributed by atoms with Gasteiger partial charge in [0.05, 0.1) is 12.8 Å². The minimum Gasteiger partial charge on any atom is -0.505 e. The van der Waals surface area contributed by atoms with E-state index in [0.717, 1.165) is 44.8 Å². The van der Waals surface area contributed by atoms with Crippen LogP contribution in [0.15, 0.2) is 42.5 Å². The molecule has 1 aliphatic heterocycles. The molecule has 4 aromatic rings. The second-order valence-electron chi connectivity index (χ2n) is 8.25. The molecule has 2 N–H and O–H groups in total. The van der Waals surface area contributed by atoms with Gasteiger partial charge in [0.25, 0.3) is 0 Å². The summed E-state index contributed by atoms with van der Waals surface area (Å²) in [6, 6.07) is 11.8. The lowest BCUT2D eigenvalue weighted by atomic mass is 10.1. The van der Waals surface area contributed by atoms with Gasteiger partial charge in [-0.1, -0.05) is 29.5 Å². The summed E-state index contributed by atoms with van der Waals surface area (Å²) in [5, 5.41) is 30.8. The largest absolute Gasteiger partial charge is 0.505 e. The molecule has 0 amide bonds. The molecule has 1 aromatic heterocycles. The Morgan fingerprint density at radius 3 is 2.42 bits per heavy atom. The van der Waals surface area contributed by atoms with Crippen LogP contribution in [0.1, 0.15) is 6.42 Å². The Balaban J connectivity index is 1.23. The zero-order valence-electron chi connectivity index (χ0n) is 18.4. The number of hydrogen-bond acceptors (Lipinski definition) is 7. The molecule has 9 heteroatoms. The molecule has 2 heterocycles. The fraction of sp³-hybridized carbons (Fsp3) is 0.333. The topological polar surface area (TPSA) is 86.9 Å². The first-order valence-electron chi connectivity index (χ1n) is 11.0. The van der Waals surface area contributed by atoms with Crippen molar-refractivity contribution in [2.75, 3.05) is 44.7 Å². The van der Waals surface area contributed by atoms with Crippen molar-refractivity contribution in [3.8, 4) is 17.2 Å². The van der Waals surface area contributed by atoms with Gasteiger partial charge in [0.2, 0.25) is 0 Å². The van der Waals surface area contributed by atoms with Crippen molar-refractivity contribution in [1.29, 1.82) is 0 Å². The first-order chi connectivity index (χ1) is 16.1. The molecule has 1 fully saturated rings. The Morgan fingerprint density at radius 2 is 1.70 bits per heavy atom. The van der Waals surface area contributed by atoms with Crippen LogP contribution in [0.3, 0.4) is 0 Å². The van der Waals surface area contributed by atoms with Crippen LogP contribution in [0, 0.1) is 5.82 Å². The number of phenols is 2. The van der Waals surface area contributed by atoms with Gasteiger partial charge in [-0.25, -0.2) is 9.07 Å². The van der Waals surface area contributed by atoms with Crippen molar-refractivity contribution in [3.05, 3.63) is 48.3 Å². The van der Waals surface area contributed by atoms with Gasteiger partial charge >= 0.3 is 0 Å². The number of benzene rings is 3. The molecule has 1 saturated heterocycles. The molecule has 0 aliphatic carbocycles. The molecule has 8 nitrogen and oxygen atoms in total. The maximum absolute atomic E-state index is 13.5. The maximum atomic E-state index is 13.5. The highest BCUT2D eigenvalue weighted by atomic mass is 19.1. The van der Waals surface area contributed by atoms with E-state index in [-0.39, 0.29) is 17.3 Å². The number of piperazine rings is 1. The summed E-state index contributed by atoms with van der Waals surface area (Å²) in [5.74, 6) is 0.376. The zero-order chi connectivity index (χ0) is 22.9. The van der Waals surface area contributed by atoms with E-state index in [1.165, 1.54) is 12.1 Å². The van der Waals surface area contributed by atoms with E-state index >= 15 is 0 Å². The van der Waals surface area contributed by atoms with Gasteiger partial charge in [0.1, 0.15) is 17.1 Å². The number of fused-ring (bicyclic) bond motifs is 2. The molecular formula is C24H26FN5O3. The molecule has 1 aliphatic rings. The number of halogens is 1. The first kappa shape index (κ1) is 21.3. The fourth-order valence-electron chi connectivity index (χ4n) is 4.58. The van der Waals surface area contributed by atoms with Crippen molar-refractivity contribution in [1.82, 2.24) is 19.9 Å². The number of nitrogens with zero attached hydrogens (tertiary/aromatic N) is 5. The fourth-order valence-corrected chi connectivity index (χ4v) is 4.58. The third kappa shape index (κ3) is 3.89. The van der Waals surface area contributed by atoms with Gasteiger partial charge in [-0.2, -0.15) is 0 Å². The molecule has 0 atom stereocenters. The van der Waals surface area contributed by atoms with E-state index in [1.54, 1.807) is 30.0 Å². The third-order valence-corrected chi connectivity index (χ3v) is 6.32. The minimum atomic E-state index is -0.303. The summed E-state index contributed by atoms with van der Waals surface area (Å²) in [6.07, 6.45) is 0.825. The summed E-state index contributed by atoms with van der Waals surface area (Å²) < 4.78 is 20.5. The van der Waals surface area contributed by atoms with Crippen LogP contribution < -0.4 is 9.64 Å². The second kappa shape index (κ2) is 8.74. The summed E-state index contributed by atoms with van der Waals surface area (Å²) in [7, 11) is 1.56. The molecule has 5 rings (SSSR count). The second-order valence-corrected chi connectivity index (χ2v) is 8.25. The lowest BCUT2D eigenvalue weighted by Crippen LogP contribution is -2.46. The normalized spacial score (nSPS) is 14.9. The molecule has 0 spiro atoms. The summed E-state index contributed by atoms with van der Waals surface area (Å²) in [6.45, 7) is 4.87. The van der Waals surface area contributed by atoms with Crippen LogP contribution in [-0.2, 0) is 6.54 Å². The number of hydrogen-bond donors (Lipinski definition) is 2. The standard InChI is InChI=1S/C24H26FN5O3/c1-33-20-15-16(25)7-8-19(20)29-13-11-28(12-14-29)9-4-10-30-22-21(26-27-30)23(31)17-5-2-3-6-18(17)24(22)32/h2-3,5-8,15,31-32H,4,9-14H2,1H3. The third-order valence-electron chi connectivity index (χ3n) is 6.32. The number of anilines is 1. The molecule has 3 aromatic carbocycles. The Kier molecular flexibility index (Phi) is 5.63. The Hall–Kier alpha value is -3.59. The van der Waals surface area contributed by atoms with E-state index in [9.17, 15) is 14.6 Å². The van der Waals surface area contributed by atoms with Gasteiger partial charge in [-0.3, -0.25) is 4.90 Å². The van der Waals surface area contributed by atoms with Crippen molar-refractivity contribution in [3.63, 3.8) is 0 Å². The van der Waals surface area contributed by atoms with Crippen LogP contribution in [-0.4, -0.2) is 69.9 Å². The minimum absolute atomic E-state index is 0.0389. The number of ether oxygens (including phenoxy) is 1. The monoisotopic (exact) mass is 451 g/mol. The molecule has 0 unspecified atom stereocenters. The molecule has 0 bridgehead atoms. The summed E-state index contributed by atoms with van der Waals surface area (Å²) in [5.41, 5.74) is 1.68. The predicted octanol–water partition coefficient (Wildman–Crippen LogP) is 3.36. The molecule has 0 saturated carbocycles. The number of phenolic OH excluding ortho intramolecular Hbond substituents is 2. The number of aromatic nitrogens is 3. The molecular weight excluding hydrogens is 425 g/mol. The van der Waals surface area contributed by atoms with Crippen LogP contribution in [0.25, 0.3) is 21.8 Å². The quantitative estimate of drug-likeness (QED) is 0.435. The van der Waals surface area contributed by atoms with Gasteiger partial charge < -0.3 is 19.8 Å². The van der Waals surface area contributed by atoms with Crippen LogP contribution >= 0.6 is 0 Å². The van der Waals surface area contributed by atoms with Crippen molar-refractivity contribution in [2.45, 2.75) is 13.0 Å². The van der Waals surface area contributed by atoms with E-state index < -0.39 is 0 Å². The van der Waals surface area contributed by atoms with Gasteiger partial charge in [0.15, 0.2) is 17.0 Å². The molecule has 0 radical (unpaired) electrons. The van der Waals surface area contributed by atoms with E-state index in [2.05, 4.69) is 20.1 Å². The Morgan fingerprint density at radius 1 is 0.970 bits per heavy atom. The van der Waals surface area contributed by atoms with Gasteiger partial charge in [-0.05, 0) is 18.6 Å². The first-order valence-corrected chi connectivity index (χ1v) is 11.0. The highest BCUT2D eigenvalue weighted by Gasteiger charge is 2.21. The zero-order valence-corrected chi connectivity index (χ0v) is 18.4. The Bertz CT molecular complexity index is 1300. The number of rotatable bonds is 6. The highest BCUT2D eigenvalue weighted by Crippen LogP contribution is 2.40. The van der Waals surface area contributed by atoms with Gasteiger partial charge in [0, 0.05) is 56.1 Å².